The summed E-state index contributed by atoms with van der Waals surface area (Å²) in [6.45, 7) is 8.85. The SMILES string of the molecule is Cc1cnc2c(c1)oc1c(-c3nc4ccccc4n3-c3c(-c4ccccc4)cccc3C(C)(C)C)cccc12. The van der Waals surface area contributed by atoms with Crippen LogP contribution < -0.4 is 0 Å². The van der Waals surface area contributed by atoms with Gasteiger partial charge in [-0.1, -0.05) is 87.5 Å². The van der Waals surface area contributed by atoms with Crippen LogP contribution in [-0.4, -0.2) is 14.5 Å². The average molecular weight is 508 g/mol. The molecule has 4 heteroatoms. The van der Waals surface area contributed by atoms with E-state index in [0.29, 0.717) is 0 Å². The van der Waals surface area contributed by atoms with E-state index in [4.69, 9.17) is 14.4 Å². The standard InChI is InChI=1S/C35H29N3O/c1-22-20-30-31(36-21-22)25-15-10-16-26(33(25)39-30)34-37-28-18-8-9-19-29(28)38(34)32-24(23-12-6-5-7-13-23)14-11-17-27(32)35(2,3)4/h5-21H,1-4H3. The van der Waals surface area contributed by atoms with Crippen LogP contribution in [0.2, 0.25) is 0 Å². The van der Waals surface area contributed by atoms with Gasteiger partial charge in [-0.2, -0.15) is 0 Å². The van der Waals surface area contributed by atoms with E-state index in [1.54, 1.807) is 0 Å². The molecular formula is C35H29N3O. The van der Waals surface area contributed by atoms with Gasteiger partial charge in [0.05, 0.1) is 22.3 Å². The molecule has 0 fully saturated rings. The largest absolute Gasteiger partial charge is 0.454 e. The van der Waals surface area contributed by atoms with Crippen molar-refractivity contribution < 1.29 is 4.42 Å². The maximum Gasteiger partial charge on any atom is 0.154 e. The molecule has 7 aromatic rings. The van der Waals surface area contributed by atoms with Gasteiger partial charge in [0.2, 0.25) is 0 Å². The molecular weight excluding hydrogens is 478 g/mol. The van der Waals surface area contributed by atoms with Crippen molar-refractivity contribution >= 4 is 33.1 Å². The van der Waals surface area contributed by atoms with Crippen LogP contribution in [0.15, 0.2) is 108 Å². The number of nitrogens with zero attached hydrogens (tertiary/aromatic N) is 3. The first-order chi connectivity index (χ1) is 18.9. The number of hydrogen-bond acceptors (Lipinski definition) is 3. The Balaban J connectivity index is 1.63. The Morgan fingerprint density at radius 3 is 2.33 bits per heavy atom. The van der Waals surface area contributed by atoms with Gasteiger partial charge in [0, 0.05) is 17.1 Å². The first-order valence-corrected chi connectivity index (χ1v) is 13.4. The molecule has 0 aliphatic heterocycles. The van der Waals surface area contributed by atoms with Crippen molar-refractivity contribution in [2.45, 2.75) is 33.1 Å². The molecule has 0 bridgehead atoms. The molecule has 0 saturated heterocycles. The first-order valence-electron chi connectivity index (χ1n) is 13.4. The molecule has 0 saturated carbocycles. The van der Waals surface area contributed by atoms with Crippen molar-refractivity contribution in [1.29, 1.82) is 0 Å². The predicted molar refractivity (Wildman–Crippen MR) is 160 cm³/mol. The van der Waals surface area contributed by atoms with Crippen LogP contribution in [0, 0.1) is 6.92 Å². The fourth-order valence-electron chi connectivity index (χ4n) is 5.62. The Labute approximate surface area is 227 Å². The Kier molecular flexibility index (Phi) is 5.21. The third-order valence-corrected chi connectivity index (χ3v) is 7.43. The van der Waals surface area contributed by atoms with Crippen molar-refractivity contribution in [1.82, 2.24) is 14.5 Å². The minimum atomic E-state index is -0.102. The Hall–Kier alpha value is -4.70. The van der Waals surface area contributed by atoms with Gasteiger partial charge in [-0.25, -0.2) is 4.98 Å². The van der Waals surface area contributed by atoms with Crippen LogP contribution in [0.1, 0.15) is 31.9 Å². The molecule has 190 valence electrons. The smallest absolute Gasteiger partial charge is 0.154 e. The molecule has 39 heavy (non-hydrogen) atoms. The van der Waals surface area contributed by atoms with Crippen LogP contribution >= 0.6 is 0 Å². The number of rotatable bonds is 3. The highest BCUT2D eigenvalue weighted by atomic mass is 16.3. The lowest BCUT2D eigenvalue weighted by Crippen LogP contribution is -2.16. The minimum absolute atomic E-state index is 0.102. The molecule has 3 aromatic heterocycles. The van der Waals surface area contributed by atoms with Gasteiger partial charge in [0.25, 0.3) is 0 Å². The number of imidazole rings is 1. The van der Waals surface area contributed by atoms with Gasteiger partial charge in [-0.3, -0.25) is 9.55 Å². The first kappa shape index (κ1) is 23.4. The number of furan rings is 1. The number of hydrogen-bond donors (Lipinski definition) is 0. The molecule has 0 radical (unpaired) electrons. The lowest BCUT2D eigenvalue weighted by molar-refractivity contribution is 0.587. The molecule has 0 amide bonds. The fourth-order valence-corrected chi connectivity index (χ4v) is 5.62. The maximum atomic E-state index is 6.50. The van der Waals surface area contributed by atoms with Gasteiger partial charge >= 0.3 is 0 Å². The highest BCUT2D eigenvalue weighted by Crippen LogP contribution is 2.42. The van der Waals surface area contributed by atoms with E-state index < -0.39 is 0 Å². The molecule has 4 aromatic carbocycles. The minimum Gasteiger partial charge on any atom is -0.454 e. The third-order valence-electron chi connectivity index (χ3n) is 7.43. The van der Waals surface area contributed by atoms with Crippen LogP contribution in [0.4, 0.5) is 0 Å². The number of para-hydroxylation sites is 4. The highest BCUT2D eigenvalue weighted by molar-refractivity contribution is 6.08. The number of pyridine rings is 1. The summed E-state index contributed by atoms with van der Waals surface area (Å²) in [5.74, 6) is 0.853. The van der Waals surface area contributed by atoms with Gasteiger partial charge in [0.1, 0.15) is 16.9 Å². The summed E-state index contributed by atoms with van der Waals surface area (Å²) in [5.41, 5.74) is 11.1. The van der Waals surface area contributed by atoms with Gasteiger partial charge in [0.15, 0.2) is 5.58 Å². The molecule has 0 atom stereocenters. The second kappa shape index (κ2) is 8.67. The second-order valence-corrected chi connectivity index (χ2v) is 11.2. The van der Waals surface area contributed by atoms with E-state index in [0.717, 1.165) is 55.7 Å². The van der Waals surface area contributed by atoms with E-state index in [2.05, 4.69) is 116 Å². The Morgan fingerprint density at radius 2 is 1.51 bits per heavy atom. The lowest BCUT2D eigenvalue weighted by atomic mass is 9.83. The summed E-state index contributed by atoms with van der Waals surface area (Å²) in [5, 5.41) is 0.994. The zero-order chi connectivity index (χ0) is 26.7. The van der Waals surface area contributed by atoms with Crippen molar-refractivity contribution in [3.8, 4) is 28.2 Å². The number of aromatic nitrogens is 3. The molecule has 0 N–H and O–H groups in total. The quantitative estimate of drug-likeness (QED) is 0.239. The maximum absolute atomic E-state index is 6.50. The van der Waals surface area contributed by atoms with Crippen LogP contribution in [0.3, 0.4) is 0 Å². The molecule has 7 rings (SSSR count). The van der Waals surface area contributed by atoms with E-state index in [1.165, 1.54) is 16.7 Å². The number of aryl methyl sites for hydroxylation is 1. The van der Waals surface area contributed by atoms with Gasteiger partial charge in [-0.05, 0) is 59.4 Å². The zero-order valence-corrected chi connectivity index (χ0v) is 22.6. The molecule has 3 heterocycles. The molecule has 4 nitrogen and oxygen atoms in total. The summed E-state index contributed by atoms with van der Waals surface area (Å²) in [4.78, 5) is 9.94. The van der Waals surface area contributed by atoms with Crippen LogP contribution in [-0.2, 0) is 5.41 Å². The molecule has 0 aliphatic carbocycles. The highest BCUT2D eigenvalue weighted by Gasteiger charge is 2.27. The fraction of sp³-hybridized carbons (Fsp3) is 0.143. The van der Waals surface area contributed by atoms with Crippen LogP contribution in [0.25, 0.3) is 61.3 Å². The monoisotopic (exact) mass is 507 g/mol. The molecule has 0 aliphatic rings. The van der Waals surface area contributed by atoms with Gasteiger partial charge in [-0.15, -0.1) is 0 Å². The van der Waals surface area contributed by atoms with E-state index in [9.17, 15) is 0 Å². The summed E-state index contributed by atoms with van der Waals surface area (Å²) >= 11 is 0. The van der Waals surface area contributed by atoms with Crippen LogP contribution in [0.5, 0.6) is 0 Å². The van der Waals surface area contributed by atoms with E-state index in [-0.39, 0.29) is 5.41 Å². The van der Waals surface area contributed by atoms with E-state index >= 15 is 0 Å². The third kappa shape index (κ3) is 3.75. The lowest BCUT2D eigenvalue weighted by Gasteiger charge is -2.27. The topological polar surface area (TPSA) is 43.9 Å². The second-order valence-electron chi connectivity index (χ2n) is 11.2. The van der Waals surface area contributed by atoms with Crippen molar-refractivity contribution in [2.75, 3.05) is 0 Å². The summed E-state index contributed by atoms with van der Waals surface area (Å²) in [6.07, 6.45) is 1.89. The van der Waals surface area contributed by atoms with Crippen molar-refractivity contribution in [2.24, 2.45) is 0 Å². The molecule has 0 spiro atoms. The Bertz CT molecular complexity index is 2010. The zero-order valence-electron chi connectivity index (χ0n) is 22.6. The van der Waals surface area contributed by atoms with Gasteiger partial charge < -0.3 is 4.42 Å². The average Bonchev–Trinajstić information content (AvgIpc) is 3.50. The number of benzene rings is 4. The van der Waals surface area contributed by atoms with Crippen molar-refractivity contribution in [3.63, 3.8) is 0 Å². The number of fused-ring (bicyclic) bond motifs is 4. The normalized spacial score (nSPS) is 12.1. The molecule has 0 unspecified atom stereocenters. The van der Waals surface area contributed by atoms with E-state index in [1.807, 2.05) is 19.2 Å². The van der Waals surface area contributed by atoms with Crippen molar-refractivity contribution in [3.05, 3.63) is 114 Å². The Morgan fingerprint density at radius 1 is 0.769 bits per heavy atom. The predicted octanol–water partition coefficient (Wildman–Crippen LogP) is 9.26. The summed E-state index contributed by atoms with van der Waals surface area (Å²) < 4.78 is 8.83. The summed E-state index contributed by atoms with van der Waals surface area (Å²) in [6, 6.07) is 33.9. The summed E-state index contributed by atoms with van der Waals surface area (Å²) in [7, 11) is 0.